The van der Waals surface area contributed by atoms with E-state index in [1.165, 1.54) is 6.20 Å². The molecule has 0 aliphatic rings. The molecule has 0 saturated carbocycles. The van der Waals surface area contributed by atoms with Crippen molar-refractivity contribution in [3.05, 3.63) is 24.0 Å². The lowest BCUT2D eigenvalue weighted by Gasteiger charge is -2.02. The molecule has 0 bridgehead atoms. The molecule has 1 heterocycles. The summed E-state index contributed by atoms with van der Waals surface area (Å²) in [6.45, 7) is 0. The van der Waals surface area contributed by atoms with Gasteiger partial charge in [0.2, 0.25) is 0 Å². The molecule has 4 nitrogen and oxygen atoms in total. The Labute approximate surface area is 77.2 Å². The van der Waals surface area contributed by atoms with Crippen molar-refractivity contribution >= 4 is 12.0 Å². The Kier molecular flexibility index (Phi) is 2.98. The maximum Gasteiger partial charge on any atom is 0.103 e. The first kappa shape index (κ1) is 9.20. The Balaban J connectivity index is 2.95. The molecule has 0 aliphatic heterocycles. The Morgan fingerprint density at radius 3 is 3.00 bits per heavy atom. The van der Waals surface area contributed by atoms with Crippen LogP contribution in [-0.4, -0.2) is 30.3 Å². The van der Waals surface area contributed by atoms with Gasteiger partial charge in [0.05, 0.1) is 17.6 Å². The fourth-order valence-electron chi connectivity index (χ4n) is 0.764. The Morgan fingerprint density at radius 2 is 2.38 bits per heavy atom. The van der Waals surface area contributed by atoms with E-state index in [0.717, 1.165) is 0 Å². The van der Waals surface area contributed by atoms with Gasteiger partial charge in [-0.05, 0) is 6.07 Å². The summed E-state index contributed by atoms with van der Waals surface area (Å²) in [6, 6.07) is 3.73. The highest BCUT2D eigenvalue weighted by molar-refractivity contribution is 5.64. The highest BCUT2D eigenvalue weighted by Gasteiger charge is 1.97. The van der Waals surface area contributed by atoms with Crippen LogP contribution in [0.2, 0.25) is 0 Å². The first-order valence-electron chi connectivity index (χ1n) is 3.79. The lowest BCUT2D eigenvalue weighted by Crippen LogP contribution is -2.07. The van der Waals surface area contributed by atoms with Crippen molar-refractivity contribution in [2.24, 2.45) is 4.99 Å². The average molecular weight is 174 g/mol. The average Bonchev–Trinajstić information content (AvgIpc) is 2.15. The van der Waals surface area contributed by atoms with Gasteiger partial charge in [-0.2, -0.15) is 5.26 Å². The number of hydrogen-bond acceptors (Lipinski definition) is 3. The molecule has 1 aromatic heterocycles. The molecule has 0 saturated heterocycles. The second-order valence-corrected chi connectivity index (χ2v) is 2.71. The maximum absolute atomic E-state index is 8.71. The fourth-order valence-corrected chi connectivity index (χ4v) is 0.764. The van der Waals surface area contributed by atoms with Crippen LogP contribution >= 0.6 is 0 Å². The number of hydrogen-bond donors (Lipinski definition) is 0. The molecule has 0 spiro atoms. The normalized spacial score (nSPS) is 9.92. The van der Waals surface area contributed by atoms with E-state index in [2.05, 4.69) is 9.98 Å². The van der Waals surface area contributed by atoms with E-state index in [1.807, 2.05) is 25.1 Å². The molecule has 0 aliphatic carbocycles. The molecule has 66 valence electrons. The molecular formula is C9H10N4. The molecule has 0 atom stereocenters. The van der Waals surface area contributed by atoms with Crippen molar-refractivity contribution < 1.29 is 0 Å². The molecule has 0 radical (unpaired) electrons. The highest BCUT2D eigenvalue weighted by atomic mass is 15.1. The summed E-state index contributed by atoms with van der Waals surface area (Å²) in [5.74, 6) is 0. The zero-order chi connectivity index (χ0) is 9.68. The van der Waals surface area contributed by atoms with E-state index in [-0.39, 0.29) is 0 Å². The van der Waals surface area contributed by atoms with Gasteiger partial charge < -0.3 is 4.90 Å². The van der Waals surface area contributed by atoms with Gasteiger partial charge >= 0.3 is 0 Å². The maximum atomic E-state index is 8.71. The van der Waals surface area contributed by atoms with Crippen LogP contribution in [0.25, 0.3) is 0 Å². The van der Waals surface area contributed by atoms with E-state index >= 15 is 0 Å². The number of nitriles is 1. The zero-order valence-corrected chi connectivity index (χ0v) is 7.60. The van der Waals surface area contributed by atoms with Crippen molar-refractivity contribution in [2.45, 2.75) is 0 Å². The van der Waals surface area contributed by atoms with Crippen molar-refractivity contribution in [1.29, 1.82) is 5.26 Å². The van der Waals surface area contributed by atoms with Crippen LogP contribution < -0.4 is 0 Å². The third kappa shape index (κ3) is 2.56. The van der Waals surface area contributed by atoms with Gasteiger partial charge in [0.1, 0.15) is 6.07 Å². The predicted octanol–water partition coefficient (Wildman–Crippen LogP) is 1.17. The second kappa shape index (κ2) is 4.21. The quantitative estimate of drug-likeness (QED) is 0.499. The summed E-state index contributed by atoms with van der Waals surface area (Å²) in [5.41, 5.74) is 1.13. The predicted molar refractivity (Wildman–Crippen MR) is 50.8 cm³/mol. The second-order valence-electron chi connectivity index (χ2n) is 2.71. The number of pyridine rings is 1. The first-order chi connectivity index (χ1) is 6.24. The molecule has 0 amide bonds. The van der Waals surface area contributed by atoms with Crippen LogP contribution in [0.3, 0.4) is 0 Å². The van der Waals surface area contributed by atoms with Crippen LogP contribution in [0.5, 0.6) is 0 Å². The van der Waals surface area contributed by atoms with Gasteiger partial charge in [-0.15, -0.1) is 0 Å². The molecule has 4 heteroatoms. The summed E-state index contributed by atoms with van der Waals surface area (Å²) in [4.78, 5) is 9.76. The smallest absolute Gasteiger partial charge is 0.103 e. The molecule has 1 rings (SSSR count). The number of rotatable bonds is 2. The number of nitrogens with zero attached hydrogens (tertiary/aromatic N) is 4. The molecule has 13 heavy (non-hydrogen) atoms. The first-order valence-corrected chi connectivity index (χ1v) is 3.79. The van der Waals surface area contributed by atoms with Gasteiger partial charge in [0.25, 0.3) is 0 Å². The molecular weight excluding hydrogens is 164 g/mol. The standard InChI is InChI=1S/C9H10N4/c1-13(2)7-12-9-3-4-11-6-8(9)5-10/h3-4,6-7H,1-2H3. The minimum Gasteiger partial charge on any atom is -0.369 e. The van der Waals surface area contributed by atoms with Gasteiger partial charge in [-0.3, -0.25) is 4.98 Å². The van der Waals surface area contributed by atoms with Crippen LogP contribution in [0, 0.1) is 11.3 Å². The third-order valence-electron chi connectivity index (χ3n) is 1.35. The lowest BCUT2D eigenvalue weighted by atomic mass is 10.2. The summed E-state index contributed by atoms with van der Waals surface area (Å²) in [5, 5.41) is 8.71. The number of aromatic nitrogens is 1. The summed E-state index contributed by atoms with van der Waals surface area (Å²) in [7, 11) is 3.74. The Morgan fingerprint density at radius 1 is 1.62 bits per heavy atom. The Bertz CT molecular complexity index is 349. The van der Waals surface area contributed by atoms with E-state index in [9.17, 15) is 0 Å². The van der Waals surface area contributed by atoms with Gasteiger partial charge in [0.15, 0.2) is 0 Å². The van der Waals surface area contributed by atoms with E-state index in [1.54, 1.807) is 18.6 Å². The van der Waals surface area contributed by atoms with Crippen LogP contribution in [0.4, 0.5) is 5.69 Å². The third-order valence-corrected chi connectivity index (χ3v) is 1.35. The molecule has 0 fully saturated rings. The van der Waals surface area contributed by atoms with Gasteiger partial charge in [-0.25, -0.2) is 4.99 Å². The van der Waals surface area contributed by atoms with Gasteiger partial charge in [0, 0.05) is 26.5 Å². The van der Waals surface area contributed by atoms with Crippen molar-refractivity contribution in [1.82, 2.24) is 9.88 Å². The van der Waals surface area contributed by atoms with E-state index in [0.29, 0.717) is 11.3 Å². The highest BCUT2D eigenvalue weighted by Crippen LogP contribution is 2.14. The fraction of sp³-hybridized carbons (Fsp3) is 0.222. The van der Waals surface area contributed by atoms with Crippen LogP contribution in [0.1, 0.15) is 5.56 Å². The van der Waals surface area contributed by atoms with Crippen molar-refractivity contribution in [2.75, 3.05) is 14.1 Å². The number of aliphatic imine (C=N–C) groups is 1. The SMILES string of the molecule is CN(C)C=Nc1ccncc1C#N. The summed E-state index contributed by atoms with van der Waals surface area (Å²) in [6.07, 6.45) is 4.77. The van der Waals surface area contributed by atoms with Crippen LogP contribution in [-0.2, 0) is 0 Å². The van der Waals surface area contributed by atoms with E-state index < -0.39 is 0 Å². The van der Waals surface area contributed by atoms with Crippen LogP contribution in [0.15, 0.2) is 23.5 Å². The Hall–Kier alpha value is -1.89. The largest absolute Gasteiger partial charge is 0.369 e. The molecule has 0 aromatic carbocycles. The summed E-state index contributed by atoms with van der Waals surface area (Å²) >= 11 is 0. The monoisotopic (exact) mass is 174 g/mol. The molecule has 1 aromatic rings. The minimum atomic E-state index is 0.487. The molecule has 0 unspecified atom stereocenters. The van der Waals surface area contributed by atoms with Crippen molar-refractivity contribution in [3.63, 3.8) is 0 Å². The minimum absolute atomic E-state index is 0.487. The van der Waals surface area contributed by atoms with E-state index in [4.69, 9.17) is 5.26 Å². The zero-order valence-electron chi connectivity index (χ0n) is 7.60. The van der Waals surface area contributed by atoms with Crippen molar-refractivity contribution in [3.8, 4) is 6.07 Å². The van der Waals surface area contributed by atoms with Gasteiger partial charge in [-0.1, -0.05) is 0 Å². The lowest BCUT2D eigenvalue weighted by molar-refractivity contribution is 0.643. The summed E-state index contributed by atoms with van der Waals surface area (Å²) < 4.78 is 0. The topological polar surface area (TPSA) is 52.3 Å². The molecule has 0 N–H and O–H groups in total.